The summed E-state index contributed by atoms with van der Waals surface area (Å²) in [5, 5.41) is 12.9. The Morgan fingerprint density at radius 1 is 1.07 bits per heavy atom. The number of rotatable bonds is 8. The molecule has 3 aliphatic rings. The van der Waals surface area contributed by atoms with Crippen molar-refractivity contribution in [2.75, 3.05) is 20.2 Å². The molecule has 1 N–H and O–H groups in total. The number of aliphatic hydroxyl groups is 1. The minimum absolute atomic E-state index is 0.000482. The predicted molar refractivity (Wildman–Crippen MR) is 155 cm³/mol. The number of aliphatic hydroxyl groups excluding tert-OH is 1. The molecule has 0 amide bonds. The minimum Gasteiger partial charge on any atom is -0.497 e. The molecule has 3 aliphatic heterocycles. The van der Waals surface area contributed by atoms with E-state index in [-0.39, 0.29) is 10.9 Å². The molecule has 0 radical (unpaired) electrons. The van der Waals surface area contributed by atoms with Crippen molar-refractivity contribution in [2.24, 2.45) is 11.8 Å². The summed E-state index contributed by atoms with van der Waals surface area (Å²) < 4.78 is 32.5. The summed E-state index contributed by atoms with van der Waals surface area (Å²) in [7, 11) is -1.93. The number of fused-ring (bicyclic) bond motifs is 4. The number of piperidine rings is 3. The van der Waals surface area contributed by atoms with Crippen molar-refractivity contribution in [1.82, 2.24) is 4.98 Å². The predicted octanol–water partition coefficient (Wildman–Crippen LogP) is 5.72. The monoisotopic (exact) mass is 555 g/mol. The number of sulfone groups is 1. The molecule has 3 unspecified atom stereocenters. The highest BCUT2D eigenvalue weighted by Crippen LogP contribution is 2.48. The standard InChI is InChI=1S/C33H35N2O4S/c1-3-24-22-35(21-23-9-12-28(13-10-23)40(37,38)27-7-5-4-6-8-27)18-16-25(24)19-32(35)33(36)29-15-17-34-31-14-11-26(39-2)20-30(29)31/h3-15,17,20,24-25,32-33,36H,1,16,18-19,21-22H2,2H3/q+1/t24?,25?,32-,33+,35?/m1/s1. The van der Waals surface area contributed by atoms with Gasteiger partial charge in [0.2, 0.25) is 9.84 Å². The Hall–Kier alpha value is -3.52. The number of benzene rings is 3. The van der Waals surface area contributed by atoms with Crippen LogP contribution in [0.3, 0.4) is 0 Å². The van der Waals surface area contributed by atoms with Crippen LogP contribution in [-0.4, -0.2) is 49.2 Å². The molecule has 7 rings (SSSR count). The van der Waals surface area contributed by atoms with Crippen LogP contribution in [0.25, 0.3) is 10.9 Å². The van der Waals surface area contributed by atoms with Crippen LogP contribution in [0.4, 0.5) is 0 Å². The van der Waals surface area contributed by atoms with Gasteiger partial charge in [-0.25, -0.2) is 8.42 Å². The highest BCUT2D eigenvalue weighted by molar-refractivity contribution is 7.91. The number of ether oxygens (including phenoxy) is 1. The summed E-state index contributed by atoms with van der Waals surface area (Å²) in [6.07, 6.45) is 5.18. The number of quaternary nitrogens is 1. The molecule has 7 heteroatoms. The second-order valence-corrected chi connectivity index (χ2v) is 13.2. The Labute approximate surface area is 236 Å². The van der Waals surface area contributed by atoms with Crippen molar-refractivity contribution in [3.05, 3.63) is 109 Å². The van der Waals surface area contributed by atoms with Gasteiger partial charge in [-0.2, -0.15) is 0 Å². The topological polar surface area (TPSA) is 76.5 Å². The van der Waals surface area contributed by atoms with Crippen LogP contribution in [0.2, 0.25) is 0 Å². The summed E-state index contributed by atoms with van der Waals surface area (Å²) in [6.45, 7) is 6.73. The van der Waals surface area contributed by atoms with Gasteiger partial charge in [-0.15, -0.1) is 6.58 Å². The average Bonchev–Trinajstić information content (AvgIpc) is 3.00. The van der Waals surface area contributed by atoms with Gasteiger partial charge in [-0.05, 0) is 60.0 Å². The molecule has 2 bridgehead atoms. The van der Waals surface area contributed by atoms with Gasteiger partial charge in [0.25, 0.3) is 0 Å². The first-order valence-electron chi connectivity index (χ1n) is 13.8. The number of aromatic nitrogens is 1. The molecule has 3 fully saturated rings. The number of pyridine rings is 1. The van der Waals surface area contributed by atoms with E-state index >= 15 is 0 Å². The Morgan fingerprint density at radius 3 is 2.55 bits per heavy atom. The van der Waals surface area contributed by atoms with Gasteiger partial charge < -0.3 is 14.3 Å². The molecule has 1 aromatic heterocycles. The Balaban J connectivity index is 1.34. The van der Waals surface area contributed by atoms with E-state index in [0.29, 0.717) is 16.7 Å². The van der Waals surface area contributed by atoms with Crippen molar-refractivity contribution >= 4 is 20.7 Å². The van der Waals surface area contributed by atoms with Gasteiger partial charge in [0.15, 0.2) is 0 Å². The Kier molecular flexibility index (Phi) is 6.98. The second-order valence-electron chi connectivity index (χ2n) is 11.2. The SMILES string of the molecule is C=CC1C[N+]2(Cc3ccc(S(=O)(=O)c4ccccc4)cc3)CCC1C[C@@H]2[C@@H](O)c1ccnc2ccc(OC)cc12. The van der Waals surface area contributed by atoms with E-state index < -0.39 is 15.9 Å². The van der Waals surface area contributed by atoms with Crippen molar-refractivity contribution in [3.63, 3.8) is 0 Å². The molecular formula is C33H35N2O4S+. The van der Waals surface area contributed by atoms with E-state index in [1.165, 1.54) is 0 Å². The first kappa shape index (κ1) is 26.7. The van der Waals surface area contributed by atoms with Crippen LogP contribution >= 0.6 is 0 Å². The molecule has 0 saturated carbocycles. The van der Waals surface area contributed by atoms with E-state index in [2.05, 4.69) is 17.6 Å². The molecule has 40 heavy (non-hydrogen) atoms. The number of hydrogen-bond acceptors (Lipinski definition) is 5. The lowest BCUT2D eigenvalue weighted by Gasteiger charge is -2.58. The summed E-state index contributed by atoms with van der Waals surface area (Å²) in [4.78, 5) is 5.10. The van der Waals surface area contributed by atoms with E-state index in [9.17, 15) is 13.5 Å². The quantitative estimate of drug-likeness (QED) is 0.222. The maximum absolute atomic E-state index is 13.1. The average molecular weight is 556 g/mol. The second kappa shape index (κ2) is 10.5. The fourth-order valence-corrected chi connectivity index (χ4v) is 8.28. The molecule has 0 spiro atoms. The van der Waals surface area contributed by atoms with Gasteiger partial charge in [0, 0.05) is 35.9 Å². The lowest BCUT2D eigenvalue weighted by atomic mass is 9.71. The lowest BCUT2D eigenvalue weighted by Crippen LogP contribution is -2.67. The first-order valence-corrected chi connectivity index (χ1v) is 15.3. The van der Waals surface area contributed by atoms with Gasteiger partial charge in [0.1, 0.15) is 24.4 Å². The van der Waals surface area contributed by atoms with E-state index in [0.717, 1.165) is 64.7 Å². The zero-order chi connectivity index (χ0) is 27.9. The Morgan fingerprint density at radius 2 is 1.82 bits per heavy atom. The normalized spacial score (nSPS) is 25.0. The maximum Gasteiger partial charge on any atom is 0.206 e. The summed E-state index contributed by atoms with van der Waals surface area (Å²) in [5.74, 6) is 1.63. The summed E-state index contributed by atoms with van der Waals surface area (Å²) >= 11 is 0. The summed E-state index contributed by atoms with van der Waals surface area (Å²) in [6, 6.07) is 23.5. The van der Waals surface area contributed by atoms with Crippen LogP contribution in [0.5, 0.6) is 5.75 Å². The largest absolute Gasteiger partial charge is 0.497 e. The lowest BCUT2D eigenvalue weighted by molar-refractivity contribution is -0.984. The summed E-state index contributed by atoms with van der Waals surface area (Å²) in [5.41, 5.74) is 2.77. The van der Waals surface area contributed by atoms with Crippen molar-refractivity contribution in [2.45, 2.75) is 41.3 Å². The third-order valence-corrected chi connectivity index (χ3v) is 10.9. The smallest absolute Gasteiger partial charge is 0.206 e. The van der Waals surface area contributed by atoms with Crippen LogP contribution in [0, 0.1) is 11.8 Å². The molecule has 0 aliphatic carbocycles. The molecular weight excluding hydrogens is 520 g/mol. The molecule has 3 saturated heterocycles. The fourth-order valence-electron chi connectivity index (χ4n) is 6.99. The third kappa shape index (κ3) is 4.62. The van der Waals surface area contributed by atoms with Gasteiger partial charge in [-0.1, -0.05) is 36.4 Å². The van der Waals surface area contributed by atoms with Crippen molar-refractivity contribution in [1.29, 1.82) is 0 Å². The van der Waals surface area contributed by atoms with Gasteiger partial charge >= 0.3 is 0 Å². The molecule has 5 atom stereocenters. The van der Waals surface area contributed by atoms with Crippen molar-refractivity contribution < 1.29 is 22.7 Å². The van der Waals surface area contributed by atoms with Crippen molar-refractivity contribution in [3.8, 4) is 5.75 Å². The number of methoxy groups -OCH3 is 1. The highest BCUT2D eigenvalue weighted by Gasteiger charge is 2.54. The molecule has 3 aromatic carbocycles. The van der Waals surface area contributed by atoms with Crippen LogP contribution in [-0.2, 0) is 16.4 Å². The molecule has 4 heterocycles. The maximum atomic E-state index is 13.1. The fraction of sp³-hybridized carbons (Fsp3) is 0.303. The zero-order valence-corrected chi connectivity index (χ0v) is 23.5. The van der Waals surface area contributed by atoms with Gasteiger partial charge in [-0.3, -0.25) is 4.98 Å². The Bertz CT molecular complexity index is 1640. The molecule has 6 nitrogen and oxygen atoms in total. The highest BCUT2D eigenvalue weighted by atomic mass is 32.2. The van der Waals surface area contributed by atoms with Crippen LogP contribution < -0.4 is 4.74 Å². The zero-order valence-electron chi connectivity index (χ0n) is 22.7. The number of hydrogen-bond donors (Lipinski definition) is 1. The van der Waals surface area contributed by atoms with Crippen LogP contribution in [0.15, 0.2) is 108 Å². The first-order chi connectivity index (χ1) is 19.3. The van der Waals surface area contributed by atoms with Gasteiger partial charge in [0.05, 0.1) is 35.5 Å². The molecule has 4 aromatic rings. The van der Waals surface area contributed by atoms with Crippen LogP contribution in [0.1, 0.15) is 30.1 Å². The van der Waals surface area contributed by atoms with E-state index in [1.54, 1.807) is 49.7 Å². The van der Waals surface area contributed by atoms with E-state index in [1.807, 2.05) is 42.5 Å². The van der Waals surface area contributed by atoms with E-state index in [4.69, 9.17) is 4.74 Å². The molecule has 206 valence electrons. The third-order valence-electron chi connectivity index (χ3n) is 9.13. The minimum atomic E-state index is -3.58. The number of nitrogens with zero attached hydrogens (tertiary/aromatic N) is 2.